The summed E-state index contributed by atoms with van der Waals surface area (Å²) in [6.45, 7) is 0.696. The second-order valence-corrected chi connectivity index (χ2v) is 7.26. The maximum absolute atomic E-state index is 6.33. The third-order valence-corrected chi connectivity index (χ3v) is 5.09. The monoisotopic (exact) mass is 404 g/mol. The molecule has 110 valence electrons. The van der Waals surface area contributed by atoms with Crippen LogP contribution >= 0.6 is 50.9 Å². The van der Waals surface area contributed by atoms with Crippen molar-refractivity contribution in [2.24, 2.45) is 0 Å². The van der Waals surface area contributed by atoms with Gasteiger partial charge in [-0.3, -0.25) is 0 Å². The van der Waals surface area contributed by atoms with Gasteiger partial charge in [0, 0.05) is 16.0 Å². The van der Waals surface area contributed by atoms with E-state index in [0.717, 1.165) is 21.5 Å². The predicted octanol–water partition coefficient (Wildman–Crippen LogP) is 5.02. The Bertz CT molecular complexity index is 642. The fraction of sp³-hybridized carbons (Fsp3) is 0.286. The van der Waals surface area contributed by atoms with Crippen LogP contribution in [0.1, 0.15) is 11.9 Å². The lowest BCUT2D eigenvalue weighted by Gasteiger charge is -2.21. The number of rotatable bonds is 2. The highest BCUT2D eigenvalue weighted by molar-refractivity contribution is 9.10. The van der Waals surface area contributed by atoms with E-state index in [9.17, 15) is 0 Å². The fourth-order valence-electron chi connectivity index (χ4n) is 2.09. The van der Waals surface area contributed by atoms with Crippen molar-refractivity contribution < 1.29 is 4.74 Å². The molecule has 0 amide bonds. The molecule has 3 rings (SSSR count). The lowest BCUT2D eigenvalue weighted by molar-refractivity contribution is 0.0694. The molecule has 0 saturated carbocycles. The van der Waals surface area contributed by atoms with Gasteiger partial charge >= 0.3 is 0 Å². The number of nitrogens with zero attached hydrogens (tertiary/aromatic N) is 2. The van der Waals surface area contributed by atoms with Crippen molar-refractivity contribution in [3.8, 4) is 11.1 Å². The highest BCUT2D eigenvalue weighted by Crippen LogP contribution is 2.35. The van der Waals surface area contributed by atoms with Gasteiger partial charge in [0.2, 0.25) is 0 Å². The molecule has 0 N–H and O–H groups in total. The third-order valence-electron chi connectivity index (χ3n) is 3.06. The van der Waals surface area contributed by atoms with E-state index in [2.05, 4.69) is 25.9 Å². The van der Waals surface area contributed by atoms with E-state index >= 15 is 0 Å². The van der Waals surface area contributed by atoms with E-state index in [-0.39, 0.29) is 6.10 Å². The summed E-state index contributed by atoms with van der Waals surface area (Å²) in [7, 11) is 0. The van der Waals surface area contributed by atoms with Crippen LogP contribution in [0.3, 0.4) is 0 Å². The molecule has 0 radical (unpaired) electrons. The van der Waals surface area contributed by atoms with Crippen LogP contribution in [-0.2, 0) is 4.74 Å². The number of ether oxygens (including phenoxy) is 1. The van der Waals surface area contributed by atoms with Crippen LogP contribution in [0.4, 0.5) is 0 Å². The first-order chi connectivity index (χ1) is 10.1. The molecule has 1 aromatic heterocycles. The quantitative estimate of drug-likeness (QED) is 0.657. The van der Waals surface area contributed by atoms with E-state index < -0.39 is 0 Å². The maximum atomic E-state index is 6.33. The number of halogens is 3. The van der Waals surface area contributed by atoms with Crippen molar-refractivity contribution in [3.05, 3.63) is 44.9 Å². The zero-order chi connectivity index (χ0) is 14.8. The Balaban J connectivity index is 2.00. The Morgan fingerprint density at radius 3 is 2.62 bits per heavy atom. The summed E-state index contributed by atoms with van der Waals surface area (Å²) in [5, 5.41) is 0.699. The molecule has 3 nitrogen and oxygen atoms in total. The Kier molecular flexibility index (Phi) is 5.07. The SMILES string of the molecule is Clc1nc(C2CSCCO2)nc(Cl)c1-c1cccc(Br)c1. The van der Waals surface area contributed by atoms with Crippen molar-refractivity contribution in [1.29, 1.82) is 0 Å². The molecule has 0 aliphatic carbocycles. The number of hydrogen-bond donors (Lipinski definition) is 0. The van der Waals surface area contributed by atoms with E-state index in [0.29, 0.717) is 28.3 Å². The van der Waals surface area contributed by atoms with Gasteiger partial charge in [-0.05, 0) is 17.7 Å². The summed E-state index contributed by atoms with van der Waals surface area (Å²) in [6, 6.07) is 7.71. The zero-order valence-corrected chi connectivity index (χ0v) is 14.8. The van der Waals surface area contributed by atoms with Crippen molar-refractivity contribution in [2.45, 2.75) is 6.10 Å². The summed E-state index contributed by atoms with van der Waals surface area (Å²) < 4.78 is 6.62. The first-order valence-corrected chi connectivity index (χ1v) is 9.04. The van der Waals surface area contributed by atoms with Crippen LogP contribution in [0.15, 0.2) is 28.7 Å². The minimum absolute atomic E-state index is 0.143. The zero-order valence-electron chi connectivity index (χ0n) is 10.9. The lowest BCUT2D eigenvalue weighted by Crippen LogP contribution is -2.18. The van der Waals surface area contributed by atoms with Crippen LogP contribution in [0.2, 0.25) is 10.3 Å². The van der Waals surface area contributed by atoms with Crippen LogP contribution < -0.4 is 0 Å². The number of aromatic nitrogens is 2. The summed E-state index contributed by atoms with van der Waals surface area (Å²) in [5.74, 6) is 2.37. The van der Waals surface area contributed by atoms with E-state index in [1.54, 1.807) is 0 Å². The molecule has 0 bridgehead atoms. The molecule has 2 aromatic rings. The molecular formula is C14H11BrCl2N2OS. The summed E-state index contributed by atoms with van der Waals surface area (Å²) >= 11 is 17.9. The van der Waals surface area contributed by atoms with Gasteiger partial charge in [0.05, 0.1) is 12.2 Å². The third kappa shape index (κ3) is 3.54. The van der Waals surface area contributed by atoms with Crippen molar-refractivity contribution in [2.75, 3.05) is 18.1 Å². The van der Waals surface area contributed by atoms with Gasteiger partial charge in [-0.2, -0.15) is 11.8 Å². The Hall–Kier alpha value is -0.330. The number of benzene rings is 1. The minimum Gasteiger partial charge on any atom is -0.368 e. The van der Waals surface area contributed by atoms with Crippen LogP contribution in [0, 0.1) is 0 Å². The van der Waals surface area contributed by atoms with Crippen molar-refractivity contribution in [1.82, 2.24) is 9.97 Å². The molecular weight excluding hydrogens is 395 g/mol. The highest BCUT2D eigenvalue weighted by Gasteiger charge is 2.22. The van der Waals surface area contributed by atoms with Gasteiger partial charge < -0.3 is 4.74 Å². The highest BCUT2D eigenvalue weighted by atomic mass is 79.9. The average molecular weight is 406 g/mol. The predicted molar refractivity (Wildman–Crippen MR) is 91.2 cm³/mol. The molecule has 2 heterocycles. The van der Waals surface area contributed by atoms with Crippen LogP contribution in [0.5, 0.6) is 0 Å². The van der Waals surface area contributed by atoms with Crippen LogP contribution in [0.25, 0.3) is 11.1 Å². The van der Waals surface area contributed by atoms with Crippen molar-refractivity contribution >= 4 is 50.9 Å². The molecule has 1 aromatic carbocycles. The Morgan fingerprint density at radius 2 is 2.00 bits per heavy atom. The smallest absolute Gasteiger partial charge is 0.161 e. The molecule has 1 atom stereocenters. The maximum Gasteiger partial charge on any atom is 0.161 e. The van der Waals surface area contributed by atoms with Gasteiger partial charge in [-0.25, -0.2) is 9.97 Å². The summed E-state index contributed by atoms with van der Waals surface area (Å²) in [6.07, 6.45) is -0.143. The largest absolute Gasteiger partial charge is 0.368 e. The molecule has 7 heteroatoms. The number of hydrogen-bond acceptors (Lipinski definition) is 4. The van der Waals surface area contributed by atoms with E-state index in [1.165, 1.54) is 0 Å². The molecule has 1 fully saturated rings. The lowest BCUT2D eigenvalue weighted by atomic mass is 10.1. The topological polar surface area (TPSA) is 35.0 Å². The summed E-state index contributed by atoms with van der Waals surface area (Å²) in [4.78, 5) is 8.76. The van der Waals surface area contributed by atoms with Gasteiger partial charge in [-0.1, -0.05) is 51.3 Å². The molecule has 21 heavy (non-hydrogen) atoms. The normalized spacial score (nSPS) is 18.7. The summed E-state index contributed by atoms with van der Waals surface area (Å²) in [5.41, 5.74) is 1.52. The minimum atomic E-state index is -0.143. The van der Waals surface area contributed by atoms with E-state index in [4.69, 9.17) is 27.9 Å². The second-order valence-electron chi connectivity index (χ2n) is 4.48. The Labute approximate surface area is 145 Å². The van der Waals surface area contributed by atoms with Gasteiger partial charge in [0.25, 0.3) is 0 Å². The van der Waals surface area contributed by atoms with E-state index in [1.807, 2.05) is 36.0 Å². The Morgan fingerprint density at radius 1 is 1.24 bits per heavy atom. The van der Waals surface area contributed by atoms with Crippen molar-refractivity contribution in [3.63, 3.8) is 0 Å². The standard InChI is InChI=1S/C14H11BrCl2N2OS/c15-9-3-1-2-8(6-9)11-12(16)18-14(19-13(11)17)10-7-21-5-4-20-10/h1-3,6,10H,4-5,7H2. The second kappa shape index (κ2) is 6.84. The first kappa shape index (κ1) is 15.6. The van der Waals surface area contributed by atoms with Crippen LogP contribution in [-0.4, -0.2) is 28.1 Å². The van der Waals surface area contributed by atoms with Gasteiger partial charge in [-0.15, -0.1) is 0 Å². The fourth-order valence-corrected chi connectivity index (χ4v) is 3.94. The van der Waals surface area contributed by atoms with Gasteiger partial charge in [0.15, 0.2) is 5.82 Å². The number of thioether (sulfide) groups is 1. The average Bonchev–Trinajstić information content (AvgIpc) is 2.47. The van der Waals surface area contributed by atoms with Gasteiger partial charge in [0.1, 0.15) is 16.4 Å². The molecule has 1 unspecified atom stereocenters. The molecule has 1 saturated heterocycles. The molecule has 1 aliphatic rings. The first-order valence-electron chi connectivity index (χ1n) is 6.33. The molecule has 0 spiro atoms. The molecule has 1 aliphatic heterocycles.